The van der Waals surface area contributed by atoms with E-state index in [1.807, 2.05) is 23.1 Å². The van der Waals surface area contributed by atoms with Crippen molar-refractivity contribution in [2.24, 2.45) is 5.92 Å². The molecule has 3 heteroatoms. The van der Waals surface area contributed by atoms with E-state index in [0.29, 0.717) is 5.92 Å². The molecule has 0 radical (unpaired) electrons. The van der Waals surface area contributed by atoms with Crippen LogP contribution in [0.4, 0.5) is 0 Å². The lowest BCUT2D eigenvalue weighted by Crippen LogP contribution is -2.34. The summed E-state index contributed by atoms with van der Waals surface area (Å²) in [7, 11) is 0. The minimum atomic E-state index is -0.0192. The zero-order chi connectivity index (χ0) is 14.5. The summed E-state index contributed by atoms with van der Waals surface area (Å²) in [6, 6.07) is 10.3. The van der Waals surface area contributed by atoms with Gasteiger partial charge in [-0.05, 0) is 17.9 Å². The summed E-state index contributed by atoms with van der Waals surface area (Å²) in [6.45, 7) is 7.36. The van der Waals surface area contributed by atoms with Crippen LogP contribution in [0.25, 0.3) is 0 Å². The molecule has 0 spiro atoms. The topological polar surface area (TPSA) is 32.3 Å². The molecule has 1 saturated heterocycles. The molecule has 1 aliphatic heterocycles. The van der Waals surface area contributed by atoms with Crippen molar-refractivity contribution in [2.45, 2.75) is 52.2 Å². The van der Waals surface area contributed by atoms with Crippen LogP contribution in [-0.2, 0) is 4.79 Å². The number of nitrogens with one attached hydrogen (secondary N) is 1. The van der Waals surface area contributed by atoms with Crippen molar-refractivity contribution in [3.8, 4) is 0 Å². The van der Waals surface area contributed by atoms with Gasteiger partial charge in [-0.3, -0.25) is 10.1 Å². The van der Waals surface area contributed by atoms with Gasteiger partial charge in [0.1, 0.15) is 6.17 Å². The molecular weight excluding hydrogens is 248 g/mol. The molecule has 1 aromatic rings. The Morgan fingerprint density at radius 1 is 1.25 bits per heavy atom. The van der Waals surface area contributed by atoms with Gasteiger partial charge < -0.3 is 4.90 Å². The first-order valence-electron chi connectivity index (χ1n) is 7.78. The molecule has 0 bridgehead atoms. The lowest BCUT2D eigenvalue weighted by molar-refractivity contribution is -0.130. The summed E-state index contributed by atoms with van der Waals surface area (Å²) >= 11 is 0. The number of carbonyl (C=O) groups excluding carboxylic acids is 1. The summed E-state index contributed by atoms with van der Waals surface area (Å²) in [5.74, 6) is 0.799. The van der Waals surface area contributed by atoms with Crippen molar-refractivity contribution in [3.05, 3.63) is 35.9 Å². The van der Waals surface area contributed by atoms with Crippen molar-refractivity contribution in [3.63, 3.8) is 0 Å². The Morgan fingerprint density at radius 3 is 2.55 bits per heavy atom. The lowest BCUT2D eigenvalue weighted by atomic mass is 10.1. The third-order valence-electron chi connectivity index (χ3n) is 4.15. The number of nitrogens with zero attached hydrogens (tertiary/aromatic N) is 1. The molecule has 0 saturated carbocycles. The third-order valence-corrected chi connectivity index (χ3v) is 4.15. The largest absolute Gasteiger partial charge is 0.321 e. The molecule has 3 nitrogen and oxygen atoms in total. The van der Waals surface area contributed by atoms with Gasteiger partial charge in [0.05, 0.1) is 6.04 Å². The maximum absolute atomic E-state index is 12.6. The predicted octanol–water partition coefficient (Wildman–Crippen LogP) is 3.33. The van der Waals surface area contributed by atoms with Gasteiger partial charge in [-0.15, -0.1) is 0 Å². The molecular formula is C17H26N2O. The monoisotopic (exact) mass is 274 g/mol. The lowest BCUT2D eigenvalue weighted by Gasteiger charge is -2.27. The fourth-order valence-corrected chi connectivity index (χ4v) is 2.75. The fraction of sp³-hybridized carbons (Fsp3) is 0.588. The van der Waals surface area contributed by atoms with Crippen molar-refractivity contribution < 1.29 is 4.79 Å². The Labute approximate surface area is 122 Å². The van der Waals surface area contributed by atoms with E-state index in [2.05, 4.69) is 38.2 Å². The van der Waals surface area contributed by atoms with Crippen LogP contribution in [-0.4, -0.2) is 23.4 Å². The molecule has 1 fully saturated rings. The number of hydrogen-bond acceptors (Lipinski definition) is 2. The minimum Gasteiger partial charge on any atom is -0.321 e. The third kappa shape index (κ3) is 3.21. The average Bonchev–Trinajstić information content (AvgIpc) is 2.78. The smallest absolute Gasteiger partial charge is 0.241 e. The molecule has 1 N–H and O–H groups in total. The summed E-state index contributed by atoms with van der Waals surface area (Å²) in [4.78, 5) is 14.6. The van der Waals surface area contributed by atoms with E-state index in [0.717, 1.165) is 25.8 Å². The molecule has 3 atom stereocenters. The zero-order valence-corrected chi connectivity index (χ0v) is 12.8. The number of carbonyl (C=O) groups is 1. The molecule has 0 aliphatic carbocycles. The SMILES string of the molecule is CCCC1NC(c2ccccc2)N(CC(C)CC)C1=O. The first-order valence-corrected chi connectivity index (χ1v) is 7.78. The van der Waals surface area contributed by atoms with E-state index in [-0.39, 0.29) is 18.1 Å². The van der Waals surface area contributed by atoms with Gasteiger partial charge in [0, 0.05) is 6.54 Å². The minimum absolute atomic E-state index is 0.0192. The Morgan fingerprint density at radius 2 is 1.95 bits per heavy atom. The van der Waals surface area contributed by atoms with E-state index >= 15 is 0 Å². The van der Waals surface area contributed by atoms with Crippen LogP contribution in [0.3, 0.4) is 0 Å². The van der Waals surface area contributed by atoms with Crippen LogP contribution in [0.1, 0.15) is 51.8 Å². The van der Waals surface area contributed by atoms with Gasteiger partial charge in [-0.1, -0.05) is 63.9 Å². The highest BCUT2D eigenvalue weighted by Gasteiger charge is 2.39. The maximum atomic E-state index is 12.6. The molecule has 1 aliphatic rings. The van der Waals surface area contributed by atoms with Crippen molar-refractivity contribution >= 4 is 5.91 Å². The van der Waals surface area contributed by atoms with Crippen molar-refractivity contribution in [2.75, 3.05) is 6.54 Å². The summed E-state index contributed by atoms with van der Waals surface area (Å²) in [6.07, 6.45) is 3.08. The predicted molar refractivity (Wildman–Crippen MR) is 82.2 cm³/mol. The molecule has 1 amide bonds. The molecule has 1 heterocycles. The van der Waals surface area contributed by atoms with Crippen LogP contribution in [0.15, 0.2) is 30.3 Å². The van der Waals surface area contributed by atoms with Crippen molar-refractivity contribution in [1.29, 1.82) is 0 Å². The van der Waals surface area contributed by atoms with Gasteiger partial charge in [-0.25, -0.2) is 0 Å². The van der Waals surface area contributed by atoms with Gasteiger partial charge in [0.15, 0.2) is 0 Å². The van der Waals surface area contributed by atoms with Gasteiger partial charge >= 0.3 is 0 Å². The van der Waals surface area contributed by atoms with E-state index in [4.69, 9.17) is 0 Å². The second-order valence-corrected chi connectivity index (χ2v) is 5.83. The molecule has 0 aromatic heterocycles. The van der Waals surface area contributed by atoms with Crippen LogP contribution in [0.5, 0.6) is 0 Å². The summed E-state index contributed by atoms with van der Waals surface area (Å²) in [5, 5.41) is 3.51. The highest BCUT2D eigenvalue weighted by atomic mass is 16.2. The van der Waals surface area contributed by atoms with E-state index < -0.39 is 0 Å². The number of rotatable bonds is 6. The highest BCUT2D eigenvalue weighted by Crippen LogP contribution is 2.28. The van der Waals surface area contributed by atoms with E-state index in [1.54, 1.807) is 0 Å². The van der Waals surface area contributed by atoms with Crippen LogP contribution >= 0.6 is 0 Å². The Balaban J connectivity index is 2.20. The molecule has 1 aromatic carbocycles. The quantitative estimate of drug-likeness (QED) is 0.863. The maximum Gasteiger partial charge on any atom is 0.241 e. The first-order chi connectivity index (χ1) is 9.67. The van der Waals surface area contributed by atoms with Crippen molar-refractivity contribution in [1.82, 2.24) is 10.2 Å². The Hall–Kier alpha value is -1.35. The summed E-state index contributed by atoms with van der Waals surface area (Å²) in [5.41, 5.74) is 1.18. The van der Waals surface area contributed by atoms with E-state index in [9.17, 15) is 4.79 Å². The molecule has 20 heavy (non-hydrogen) atoms. The average molecular weight is 274 g/mol. The van der Waals surface area contributed by atoms with Gasteiger partial charge in [0.2, 0.25) is 5.91 Å². The zero-order valence-electron chi connectivity index (χ0n) is 12.8. The Bertz CT molecular complexity index is 432. The van der Waals surface area contributed by atoms with Crippen LogP contribution in [0.2, 0.25) is 0 Å². The summed E-state index contributed by atoms with van der Waals surface area (Å²) < 4.78 is 0. The van der Waals surface area contributed by atoms with Crippen LogP contribution in [0, 0.1) is 5.92 Å². The molecule has 110 valence electrons. The number of hydrogen-bond donors (Lipinski definition) is 1. The highest BCUT2D eigenvalue weighted by molar-refractivity contribution is 5.84. The fourth-order valence-electron chi connectivity index (χ4n) is 2.75. The molecule has 3 unspecified atom stereocenters. The normalized spacial score (nSPS) is 24.1. The number of benzene rings is 1. The van der Waals surface area contributed by atoms with E-state index in [1.165, 1.54) is 5.56 Å². The van der Waals surface area contributed by atoms with Crippen LogP contribution < -0.4 is 5.32 Å². The second-order valence-electron chi connectivity index (χ2n) is 5.83. The van der Waals surface area contributed by atoms with Gasteiger partial charge in [0.25, 0.3) is 0 Å². The number of amides is 1. The Kier molecular flexibility index (Phi) is 5.18. The second kappa shape index (κ2) is 6.89. The first kappa shape index (κ1) is 15.0. The standard InChI is InChI=1S/C17H26N2O/c1-4-9-15-17(20)19(12-13(3)5-2)16(18-15)14-10-7-6-8-11-14/h6-8,10-11,13,15-16,18H,4-5,9,12H2,1-3H3. The van der Waals surface area contributed by atoms with Gasteiger partial charge in [-0.2, -0.15) is 0 Å². The molecule has 2 rings (SSSR count).